The van der Waals surface area contributed by atoms with E-state index in [4.69, 9.17) is 0 Å². The van der Waals surface area contributed by atoms with Gasteiger partial charge in [-0.2, -0.15) is 0 Å². The summed E-state index contributed by atoms with van der Waals surface area (Å²) in [4.78, 5) is 12.1. The van der Waals surface area contributed by atoms with E-state index in [1.807, 2.05) is 24.3 Å². The molecular formula is C17H22ClN5OS. The number of amides is 1. The first-order valence-corrected chi connectivity index (χ1v) is 9.61. The van der Waals surface area contributed by atoms with Gasteiger partial charge in [-0.05, 0) is 37.1 Å². The Hall–Kier alpha value is -1.57. The van der Waals surface area contributed by atoms with Crippen LogP contribution in [0.25, 0.3) is 11.4 Å². The Morgan fingerprint density at radius 1 is 1.20 bits per heavy atom. The van der Waals surface area contributed by atoms with Crippen molar-refractivity contribution in [2.24, 2.45) is 0 Å². The second kappa shape index (κ2) is 8.21. The quantitative estimate of drug-likeness (QED) is 0.857. The van der Waals surface area contributed by atoms with Crippen molar-refractivity contribution in [3.8, 4) is 11.4 Å². The van der Waals surface area contributed by atoms with Gasteiger partial charge in [0.1, 0.15) is 5.82 Å². The van der Waals surface area contributed by atoms with E-state index in [2.05, 4.69) is 25.4 Å². The molecule has 6 nitrogen and oxygen atoms in total. The maximum absolute atomic E-state index is 12.1. The largest absolute Gasteiger partial charge is 0.325 e. The standard InChI is InChI=1S/C17H21N5OS.ClH/c23-17(14-10-24-11-18-14)19-13-7-5-12(6-8-13)16-21-20-15-4-2-1-3-9-22(15)16;/h5-8,14,18H,1-4,9-11H2,(H,19,23);1H. The van der Waals surface area contributed by atoms with Gasteiger partial charge in [-0.3, -0.25) is 10.1 Å². The molecule has 1 atom stereocenters. The van der Waals surface area contributed by atoms with Crippen LogP contribution in [0.15, 0.2) is 24.3 Å². The lowest BCUT2D eigenvalue weighted by atomic mass is 10.2. The predicted octanol–water partition coefficient (Wildman–Crippen LogP) is 2.69. The number of anilines is 1. The molecule has 1 saturated heterocycles. The van der Waals surface area contributed by atoms with Crippen LogP contribution in [0.1, 0.15) is 25.1 Å². The van der Waals surface area contributed by atoms with Crippen molar-refractivity contribution in [2.45, 2.75) is 38.3 Å². The summed E-state index contributed by atoms with van der Waals surface area (Å²) in [5, 5.41) is 14.9. The zero-order valence-corrected chi connectivity index (χ0v) is 15.5. The van der Waals surface area contributed by atoms with Crippen LogP contribution in [-0.2, 0) is 17.8 Å². The number of benzene rings is 1. The van der Waals surface area contributed by atoms with Gasteiger partial charge < -0.3 is 9.88 Å². The van der Waals surface area contributed by atoms with Crippen molar-refractivity contribution in [1.82, 2.24) is 20.1 Å². The fourth-order valence-corrected chi connectivity index (χ4v) is 4.14. The van der Waals surface area contributed by atoms with E-state index in [0.717, 1.165) is 47.5 Å². The molecule has 2 aromatic rings. The summed E-state index contributed by atoms with van der Waals surface area (Å²) in [5.41, 5.74) is 1.86. The van der Waals surface area contributed by atoms with Crippen LogP contribution < -0.4 is 10.6 Å². The lowest BCUT2D eigenvalue weighted by Crippen LogP contribution is -2.37. The van der Waals surface area contributed by atoms with Crippen LogP contribution >= 0.6 is 24.2 Å². The van der Waals surface area contributed by atoms with Crippen LogP contribution in [0.5, 0.6) is 0 Å². The monoisotopic (exact) mass is 379 g/mol. The third-order valence-electron chi connectivity index (χ3n) is 4.55. The van der Waals surface area contributed by atoms with Crippen molar-refractivity contribution in [2.75, 3.05) is 16.9 Å². The summed E-state index contributed by atoms with van der Waals surface area (Å²) in [6.07, 6.45) is 4.63. The van der Waals surface area contributed by atoms with Crippen LogP contribution in [0.4, 0.5) is 5.69 Å². The SMILES string of the molecule is Cl.O=C(Nc1ccc(-c2nnc3n2CCCCC3)cc1)C1CSCN1. The number of hydrogen-bond acceptors (Lipinski definition) is 5. The molecule has 134 valence electrons. The van der Waals surface area contributed by atoms with E-state index in [1.165, 1.54) is 19.3 Å². The Morgan fingerprint density at radius 2 is 2.04 bits per heavy atom. The van der Waals surface area contributed by atoms with Crippen molar-refractivity contribution in [1.29, 1.82) is 0 Å². The van der Waals surface area contributed by atoms with E-state index in [0.29, 0.717) is 0 Å². The smallest absolute Gasteiger partial charge is 0.242 e. The summed E-state index contributed by atoms with van der Waals surface area (Å²) in [7, 11) is 0. The van der Waals surface area contributed by atoms with Gasteiger partial charge in [-0.1, -0.05) is 6.42 Å². The number of thioether (sulfide) groups is 1. The van der Waals surface area contributed by atoms with Gasteiger partial charge in [0.2, 0.25) is 5.91 Å². The molecule has 2 aliphatic heterocycles. The Morgan fingerprint density at radius 3 is 2.80 bits per heavy atom. The fraction of sp³-hybridized carbons (Fsp3) is 0.471. The van der Waals surface area contributed by atoms with Gasteiger partial charge in [-0.15, -0.1) is 34.4 Å². The molecular weight excluding hydrogens is 358 g/mol. The lowest BCUT2D eigenvalue weighted by molar-refractivity contribution is -0.117. The van der Waals surface area contributed by atoms with Gasteiger partial charge >= 0.3 is 0 Å². The normalized spacial score (nSPS) is 19.6. The average Bonchev–Trinajstić information content (AvgIpc) is 3.22. The highest BCUT2D eigenvalue weighted by molar-refractivity contribution is 7.99. The molecule has 0 spiro atoms. The highest BCUT2D eigenvalue weighted by Crippen LogP contribution is 2.24. The minimum absolute atomic E-state index is 0. The maximum atomic E-state index is 12.1. The first-order valence-electron chi connectivity index (χ1n) is 8.46. The number of fused-ring (bicyclic) bond motifs is 1. The van der Waals surface area contributed by atoms with E-state index in [-0.39, 0.29) is 24.4 Å². The van der Waals surface area contributed by atoms with Gasteiger partial charge in [0, 0.05) is 35.8 Å². The molecule has 0 radical (unpaired) electrons. The van der Waals surface area contributed by atoms with Crippen LogP contribution in [-0.4, -0.2) is 38.3 Å². The molecule has 3 heterocycles. The summed E-state index contributed by atoms with van der Waals surface area (Å²) in [6.45, 7) is 0.987. The molecule has 1 aromatic carbocycles. The number of aryl methyl sites for hydroxylation is 1. The first kappa shape index (κ1) is 18.2. The molecule has 8 heteroatoms. The predicted molar refractivity (Wildman–Crippen MR) is 103 cm³/mol. The number of nitrogens with zero attached hydrogens (tertiary/aromatic N) is 3. The fourth-order valence-electron chi connectivity index (χ4n) is 3.19. The Kier molecular flexibility index (Phi) is 5.98. The molecule has 0 bridgehead atoms. The molecule has 25 heavy (non-hydrogen) atoms. The average molecular weight is 380 g/mol. The maximum Gasteiger partial charge on any atom is 0.242 e. The Balaban J connectivity index is 0.00000182. The number of halogens is 1. The Labute approximate surface area is 157 Å². The minimum atomic E-state index is -0.0954. The first-order chi connectivity index (χ1) is 11.8. The highest BCUT2D eigenvalue weighted by atomic mass is 35.5. The molecule has 1 fully saturated rings. The van der Waals surface area contributed by atoms with E-state index < -0.39 is 0 Å². The number of nitrogens with one attached hydrogen (secondary N) is 2. The van der Waals surface area contributed by atoms with Crippen molar-refractivity contribution in [3.05, 3.63) is 30.1 Å². The van der Waals surface area contributed by atoms with Gasteiger partial charge in [-0.25, -0.2) is 0 Å². The van der Waals surface area contributed by atoms with E-state index in [1.54, 1.807) is 11.8 Å². The number of rotatable bonds is 3. The zero-order chi connectivity index (χ0) is 16.4. The van der Waals surface area contributed by atoms with Crippen molar-refractivity contribution >= 4 is 35.8 Å². The van der Waals surface area contributed by atoms with Crippen LogP contribution in [0.2, 0.25) is 0 Å². The third kappa shape index (κ3) is 3.99. The van der Waals surface area contributed by atoms with Crippen molar-refractivity contribution in [3.63, 3.8) is 0 Å². The summed E-state index contributed by atoms with van der Waals surface area (Å²) in [6, 6.07) is 7.80. The van der Waals surface area contributed by atoms with Gasteiger partial charge in [0.25, 0.3) is 0 Å². The van der Waals surface area contributed by atoms with E-state index in [9.17, 15) is 4.79 Å². The summed E-state index contributed by atoms with van der Waals surface area (Å²) >= 11 is 1.75. The lowest BCUT2D eigenvalue weighted by Gasteiger charge is -2.11. The highest BCUT2D eigenvalue weighted by Gasteiger charge is 2.22. The van der Waals surface area contributed by atoms with Gasteiger partial charge in [0.05, 0.1) is 6.04 Å². The van der Waals surface area contributed by atoms with E-state index >= 15 is 0 Å². The van der Waals surface area contributed by atoms with Crippen LogP contribution in [0.3, 0.4) is 0 Å². The third-order valence-corrected chi connectivity index (χ3v) is 5.49. The number of hydrogen-bond donors (Lipinski definition) is 2. The van der Waals surface area contributed by atoms with Crippen LogP contribution in [0, 0.1) is 0 Å². The molecule has 2 aliphatic rings. The molecule has 1 unspecified atom stereocenters. The summed E-state index contributed by atoms with van der Waals surface area (Å²) in [5.74, 6) is 3.72. The number of aromatic nitrogens is 3. The topological polar surface area (TPSA) is 71.8 Å². The number of carbonyl (C=O) groups excluding carboxylic acids is 1. The molecule has 2 N–H and O–H groups in total. The Bertz CT molecular complexity index is 727. The second-order valence-electron chi connectivity index (χ2n) is 6.24. The van der Waals surface area contributed by atoms with Crippen molar-refractivity contribution < 1.29 is 4.79 Å². The molecule has 0 aliphatic carbocycles. The molecule has 1 aromatic heterocycles. The second-order valence-corrected chi connectivity index (χ2v) is 7.27. The molecule has 1 amide bonds. The summed E-state index contributed by atoms with van der Waals surface area (Å²) < 4.78 is 2.24. The number of carbonyl (C=O) groups is 1. The zero-order valence-electron chi connectivity index (χ0n) is 13.9. The van der Waals surface area contributed by atoms with Gasteiger partial charge in [0.15, 0.2) is 5.82 Å². The minimum Gasteiger partial charge on any atom is -0.325 e. The molecule has 4 rings (SSSR count). The molecule has 0 saturated carbocycles.